The Hall–Kier alpha value is -5.14. The largest absolute Gasteiger partial charge is 0.455 e. The van der Waals surface area contributed by atoms with E-state index in [2.05, 4.69) is 172 Å². The fourth-order valence-electron chi connectivity index (χ4n) is 8.93. The molecule has 0 amide bonds. The Balaban J connectivity index is 1.50. The molecule has 9 aromatic rings. The van der Waals surface area contributed by atoms with Gasteiger partial charge >= 0.3 is 0 Å². The summed E-state index contributed by atoms with van der Waals surface area (Å²) < 4.78 is 6.84. The van der Waals surface area contributed by atoms with Crippen LogP contribution in [0.25, 0.3) is 87.6 Å². The lowest BCUT2D eigenvalue weighted by molar-refractivity contribution is 0.670. The molecule has 51 heavy (non-hydrogen) atoms. The fraction of sp³-hybridized carbons (Fsp3) is 0. The molecule has 0 aliphatic heterocycles. The maximum absolute atomic E-state index is 6.84. The Morgan fingerprint density at radius 3 is 1.31 bits per heavy atom. The van der Waals surface area contributed by atoms with Crippen LogP contribution in [0.4, 0.5) is 0 Å². The summed E-state index contributed by atoms with van der Waals surface area (Å²) in [5, 5.41) is 10.2. The van der Waals surface area contributed by atoms with Crippen molar-refractivity contribution in [1.29, 1.82) is 0 Å². The van der Waals surface area contributed by atoms with Gasteiger partial charge in [0.15, 0.2) is 0 Å². The first-order valence-electron chi connectivity index (χ1n) is 18.1. The van der Waals surface area contributed by atoms with E-state index in [4.69, 9.17) is 4.42 Å². The van der Waals surface area contributed by atoms with Gasteiger partial charge in [0.05, 0.1) is 0 Å². The molecule has 0 fully saturated rings. The summed E-state index contributed by atoms with van der Waals surface area (Å²) in [6.07, 6.45) is 0. The number of benzene rings is 8. The van der Waals surface area contributed by atoms with Gasteiger partial charge in [0.1, 0.15) is 73.9 Å². The van der Waals surface area contributed by atoms with E-state index in [0.717, 1.165) is 27.5 Å². The topological polar surface area (TPSA) is 13.1 Å². The molecule has 0 saturated heterocycles. The maximum atomic E-state index is 6.84. The first kappa shape index (κ1) is 31.8. The second kappa shape index (κ2) is 11.7. The van der Waals surface area contributed by atoms with Crippen molar-refractivity contribution < 1.29 is 4.42 Å². The smallest absolute Gasteiger partial charge is 0.143 e. The van der Waals surface area contributed by atoms with Crippen LogP contribution in [0.3, 0.4) is 0 Å². The van der Waals surface area contributed by atoms with Crippen LogP contribution >= 0.6 is 0 Å². The van der Waals surface area contributed by atoms with Crippen LogP contribution in [0.5, 0.6) is 0 Å². The van der Waals surface area contributed by atoms with Crippen molar-refractivity contribution in [3.8, 4) is 33.4 Å². The van der Waals surface area contributed by atoms with Gasteiger partial charge in [0.25, 0.3) is 0 Å². The average Bonchev–Trinajstić information content (AvgIpc) is 3.53. The molecule has 0 aliphatic rings. The minimum absolute atomic E-state index is 0.913. The molecule has 0 radical (unpaired) electrons. The number of fused-ring (bicyclic) bond motifs is 6. The highest BCUT2D eigenvalue weighted by Crippen LogP contribution is 2.44. The van der Waals surface area contributed by atoms with Crippen molar-refractivity contribution in [3.63, 3.8) is 0 Å². The van der Waals surface area contributed by atoms with Gasteiger partial charge in [-0.15, -0.1) is 21.9 Å². The molecule has 0 N–H and O–H groups in total. The fourth-order valence-corrected chi connectivity index (χ4v) is 8.93. The van der Waals surface area contributed by atoms with Crippen molar-refractivity contribution in [2.24, 2.45) is 0 Å². The third kappa shape index (κ3) is 4.53. The summed E-state index contributed by atoms with van der Waals surface area (Å²) >= 11 is 0. The van der Waals surface area contributed by atoms with E-state index in [9.17, 15) is 0 Å². The van der Waals surface area contributed by atoms with E-state index in [0.29, 0.717) is 0 Å². The van der Waals surface area contributed by atoms with E-state index in [-0.39, 0.29) is 0 Å². The van der Waals surface area contributed by atoms with Gasteiger partial charge in [-0.3, -0.25) is 0 Å². The highest BCUT2D eigenvalue weighted by Gasteiger charge is 2.26. The van der Waals surface area contributed by atoms with E-state index in [1.165, 1.54) is 104 Å². The van der Waals surface area contributed by atoms with E-state index in [1.807, 2.05) is 0 Å². The Kier molecular flexibility index (Phi) is 7.30. The average molecular weight is 641 g/mol. The zero-order chi connectivity index (χ0) is 35.3. The predicted octanol–water partition coefficient (Wildman–Crippen LogP) is -1.89. The monoisotopic (exact) mass is 642 g/mol. The summed E-state index contributed by atoms with van der Waals surface area (Å²) in [5.74, 6) is 0. The lowest BCUT2D eigenvalue weighted by Gasteiger charge is -2.28. The second-order valence-electron chi connectivity index (χ2n) is 14.6. The zero-order valence-corrected chi connectivity index (χ0v) is 30.8. The highest BCUT2D eigenvalue weighted by molar-refractivity contribution is 6.71. The van der Waals surface area contributed by atoms with Gasteiger partial charge in [-0.1, -0.05) is 113 Å². The SMILES string of the molecule is Bc1c(B)c(B)c2c(-c3ccc4oc5c(-c6ccccc6)c6ccccc6cc5c4c3)c3c(B)c(B)c(B)c(B)c3c(-c3ccccc3)c2c1B. The second-order valence-corrected chi connectivity index (χ2v) is 14.6. The summed E-state index contributed by atoms with van der Waals surface area (Å²) in [4.78, 5) is 0. The highest BCUT2D eigenvalue weighted by atomic mass is 16.3. The number of rotatable bonds is 3. The van der Waals surface area contributed by atoms with Crippen LogP contribution in [0.1, 0.15) is 0 Å². The van der Waals surface area contributed by atoms with Crippen molar-refractivity contribution in [1.82, 2.24) is 0 Å². The van der Waals surface area contributed by atoms with Gasteiger partial charge in [-0.25, -0.2) is 0 Å². The molecule has 1 aromatic heterocycles. The molecule has 0 atom stereocenters. The number of furan rings is 1. The van der Waals surface area contributed by atoms with Gasteiger partial charge in [0.2, 0.25) is 0 Å². The normalized spacial score (nSPS) is 11.8. The van der Waals surface area contributed by atoms with Crippen LogP contribution < -0.4 is 43.7 Å². The molecular weight excluding hydrogens is 607 g/mol. The summed E-state index contributed by atoms with van der Waals surface area (Å²) in [7, 11) is 18.5. The molecule has 8 aromatic carbocycles. The minimum Gasteiger partial charge on any atom is -0.455 e. The van der Waals surface area contributed by atoms with E-state index >= 15 is 0 Å². The van der Waals surface area contributed by atoms with Crippen molar-refractivity contribution in [2.75, 3.05) is 0 Å². The Labute approximate surface area is 306 Å². The van der Waals surface area contributed by atoms with Gasteiger partial charge in [0, 0.05) is 16.3 Å². The third-order valence-corrected chi connectivity index (χ3v) is 12.3. The van der Waals surface area contributed by atoms with E-state index in [1.54, 1.807) is 0 Å². The molecule has 0 saturated carbocycles. The standard InChI is InChI=1S/C42H34B8O/c43-34-30-28(20-11-5-2-6-12-20)31-33(37(46)41(50)39(48)35(31)44)29(32(30)36(45)40(49)38(34)47)22-15-16-26-24(18-22)25-17-21-13-7-8-14-23(21)27(42(25)51-26)19-9-3-1-4-10-19/h1-18H,43-50H2. The lowest BCUT2D eigenvalue weighted by Crippen LogP contribution is -2.50. The quantitative estimate of drug-likeness (QED) is 0.163. The number of hydrogen-bond donors (Lipinski definition) is 0. The van der Waals surface area contributed by atoms with Crippen molar-refractivity contribution in [2.45, 2.75) is 0 Å². The van der Waals surface area contributed by atoms with Crippen LogP contribution in [0.15, 0.2) is 114 Å². The minimum atomic E-state index is 0.913. The van der Waals surface area contributed by atoms with Gasteiger partial charge in [-0.05, 0) is 78.3 Å². The molecular formula is C42H34B8O. The predicted molar refractivity (Wildman–Crippen MR) is 248 cm³/mol. The molecule has 9 heteroatoms. The summed E-state index contributed by atoms with van der Waals surface area (Å²) in [5.41, 5.74) is 20.3. The van der Waals surface area contributed by atoms with Crippen molar-refractivity contribution >= 4 is 161 Å². The maximum Gasteiger partial charge on any atom is 0.143 e. The Morgan fingerprint density at radius 2 is 0.784 bits per heavy atom. The van der Waals surface area contributed by atoms with Crippen LogP contribution in [-0.2, 0) is 0 Å². The Bertz CT molecular complexity index is 2850. The van der Waals surface area contributed by atoms with Gasteiger partial charge in [-0.2, -0.15) is 0 Å². The first-order valence-corrected chi connectivity index (χ1v) is 18.1. The molecule has 0 unspecified atom stereocenters. The van der Waals surface area contributed by atoms with E-state index < -0.39 is 0 Å². The van der Waals surface area contributed by atoms with Crippen LogP contribution in [-0.4, -0.2) is 62.8 Å². The molecule has 0 bridgehead atoms. The molecule has 9 rings (SSSR count). The lowest BCUT2D eigenvalue weighted by atomic mass is 9.59. The molecule has 0 spiro atoms. The molecule has 232 valence electrons. The van der Waals surface area contributed by atoms with Crippen LogP contribution in [0, 0.1) is 0 Å². The summed E-state index contributed by atoms with van der Waals surface area (Å²) in [6, 6.07) is 39.7. The molecule has 1 heterocycles. The first-order chi connectivity index (χ1) is 24.7. The third-order valence-electron chi connectivity index (χ3n) is 12.3. The van der Waals surface area contributed by atoms with Gasteiger partial charge < -0.3 is 4.42 Å². The number of hydrogen-bond acceptors (Lipinski definition) is 1. The molecule has 1 nitrogen and oxygen atoms in total. The Morgan fingerprint density at radius 1 is 0.333 bits per heavy atom. The summed E-state index contributed by atoms with van der Waals surface area (Å²) in [6.45, 7) is 0. The molecule has 0 aliphatic carbocycles. The zero-order valence-electron chi connectivity index (χ0n) is 30.8. The van der Waals surface area contributed by atoms with Crippen molar-refractivity contribution in [3.05, 3.63) is 109 Å². The van der Waals surface area contributed by atoms with Crippen LogP contribution in [0.2, 0.25) is 0 Å².